The zero-order valence-electron chi connectivity index (χ0n) is 15.7. The van der Waals surface area contributed by atoms with Gasteiger partial charge in [0.05, 0.1) is 4.90 Å². The summed E-state index contributed by atoms with van der Waals surface area (Å²) in [6.45, 7) is 4.17. The molecule has 28 heavy (non-hydrogen) atoms. The van der Waals surface area contributed by atoms with Crippen molar-refractivity contribution in [2.24, 2.45) is 0 Å². The molecule has 0 atom stereocenters. The average molecular weight is 422 g/mol. The van der Waals surface area contributed by atoms with E-state index in [-0.39, 0.29) is 23.8 Å². The predicted molar refractivity (Wildman–Crippen MR) is 113 cm³/mol. The Morgan fingerprint density at radius 1 is 1.14 bits per heavy atom. The zero-order valence-corrected chi connectivity index (χ0v) is 17.3. The number of carbonyl (C=O) groups excluding carboxylic acids is 1. The van der Waals surface area contributed by atoms with Crippen molar-refractivity contribution in [1.29, 1.82) is 0 Å². The van der Waals surface area contributed by atoms with E-state index < -0.39 is 10.0 Å². The summed E-state index contributed by atoms with van der Waals surface area (Å²) in [6, 6.07) is 11.9. The summed E-state index contributed by atoms with van der Waals surface area (Å²) in [6.07, 6.45) is 2.46. The fourth-order valence-electron chi connectivity index (χ4n) is 3.29. The molecule has 2 aromatic carbocycles. The fourth-order valence-corrected chi connectivity index (χ4v) is 4.62. The van der Waals surface area contributed by atoms with Gasteiger partial charge in [0.2, 0.25) is 15.9 Å². The number of nitrogens with one attached hydrogen (secondary N) is 2. The van der Waals surface area contributed by atoms with Crippen LogP contribution in [0.1, 0.15) is 24.8 Å². The lowest BCUT2D eigenvalue weighted by atomic mass is 10.1. The predicted octanol–water partition coefficient (Wildman–Crippen LogP) is 3.56. The molecule has 1 aliphatic rings. The molecule has 1 heterocycles. The standard InChI is InChI=1S/C20H24ClN3O3S/c1-15-13-17(7-8-19(15)24-11-2-3-12-24)23-20(25)9-10-22-28(26,27)18-6-4-5-16(21)14-18/h4-8,13-14,22H,2-3,9-12H2,1H3,(H,23,25). The summed E-state index contributed by atoms with van der Waals surface area (Å²) in [5.41, 5.74) is 3.02. The van der Waals surface area contributed by atoms with Crippen molar-refractivity contribution in [3.05, 3.63) is 53.1 Å². The number of anilines is 2. The summed E-state index contributed by atoms with van der Waals surface area (Å²) in [4.78, 5) is 14.6. The summed E-state index contributed by atoms with van der Waals surface area (Å²) >= 11 is 5.83. The van der Waals surface area contributed by atoms with E-state index in [2.05, 4.69) is 14.9 Å². The zero-order chi connectivity index (χ0) is 20.1. The van der Waals surface area contributed by atoms with E-state index in [1.807, 2.05) is 25.1 Å². The van der Waals surface area contributed by atoms with Crippen LogP contribution in [0, 0.1) is 6.92 Å². The first-order chi connectivity index (χ1) is 13.3. The van der Waals surface area contributed by atoms with Crippen molar-refractivity contribution < 1.29 is 13.2 Å². The maximum absolute atomic E-state index is 12.2. The minimum absolute atomic E-state index is 0.00548. The molecule has 6 nitrogen and oxygen atoms in total. The van der Waals surface area contributed by atoms with Gasteiger partial charge in [-0.3, -0.25) is 4.79 Å². The number of rotatable bonds is 7. The lowest BCUT2D eigenvalue weighted by Gasteiger charge is -2.20. The van der Waals surface area contributed by atoms with Gasteiger partial charge in [0.15, 0.2) is 0 Å². The number of sulfonamides is 1. The third-order valence-corrected chi connectivity index (χ3v) is 6.37. The van der Waals surface area contributed by atoms with Gasteiger partial charge in [-0.15, -0.1) is 0 Å². The largest absolute Gasteiger partial charge is 0.371 e. The second-order valence-corrected chi connectivity index (χ2v) is 9.05. The van der Waals surface area contributed by atoms with Gasteiger partial charge in [0, 0.05) is 42.5 Å². The molecule has 1 saturated heterocycles. The SMILES string of the molecule is Cc1cc(NC(=O)CCNS(=O)(=O)c2cccc(Cl)c2)ccc1N1CCCC1. The van der Waals surface area contributed by atoms with Crippen LogP contribution >= 0.6 is 11.6 Å². The molecule has 0 spiro atoms. The number of hydrogen-bond donors (Lipinski definition) is 2. The van der Waals surface area contributed by atoms with E-state index in [1.165, 1.54) is 30.7 Å². The molecule has 0 aromatic heterocycles. The van der Waals surface area contributed by atoms with Crippen molar-refractivity contribution in [3.63, 3.8) is 0 Å². The summed E-state index contributed by atoms with van der Waals surface area (Å²) in [7, 11) is -3.69. The normalized spacial score (nSPS) is 14.3. The van der Waals surface area contributed by atoms with E-state index in [1.54, 1.807) is 12.1 Å². The van der Waals surface area contributed by atoms with E-state index in [9.17, 15) is 13.2 Å². The minimum atomic E-state index is -3.69. The molecule has 1 aliphatic heterocycles. The Labute approximate surface area is 170 Å². The first-order valence-electron chi connectivity index (χ1n) is 9.26. The molecule has 2 N–H and O–H groups in total. The molecule has 0 radical (unpaired) electrons. The first-order valence-corrected chi connectivity index (χ1v) is 11.1. The third kappa shape index (κ3) is 5.25. The van der Waals surface area contributed by atoms with Crippen LogP contribution in [0.5, 0.6) is 0 Å². The first kappa shape index (κ1) is 20.6. The highest BCUT2D eigenvalue weighted by atomic mass is 35.5. The number of hydrogen-bond acceptors (Lipinski definition) is 4. The number of carbonyl (C=O) groups is 1. The monoisotopic (exact) mass is 421 g/mol. The van der Waals surface area contributed by atoms with Crippen LogP contribution in [0.15, 0.2) is 47.4 Å². The van der Waals surface area contributed by atoms with Gasteiger partial charge in [-0.1, -0.05) is 17.7 Å². The summed E-state index contributed by atoms with van der Waals surface area (Å²) in [5.74, 6) is -0.248. The Bertz CT molecular complexity index is 957. The number of halogens is 1. The molecule has 8 heteroatoms. The number of nitrogens with zero attached hydrogens (tertiary/aromatic N) is 1. The molecule has 3 rings (SSSR count). The lowest BCUT2D eigenvalue weighted by Crippen LogP contribution is -2.27. The molecular weight excluding hydrogens is 398 g/mol. The minimum Gasteiger partial charge on any atom is -0.371 e. The smallest absolute Gasteiger partial charge is 0.240 e. The number of aryl methyl sites for hydroxylation is 1. The van der Waals surface area contributed by atoms with Crippen molar-refractivity contribution >= 4 is 38.9 Å². The molecule has 1 amide bonds. The molecule has 150 valence electrons. The Kier molecular flexibility index (Phi) is 6.59. The Morgan fingerprint density at radius 3 is 2.57 bits per heavy atom. The Morgan fingerprint density at radius 2 is 1.89 bits per heavy atom. The van der Waals surface area contributed by atoms with Gasteiger partial charge in [-0.05, 0) is 61.7 Å². The molecule has 0 bridgehead atoms. The second kappa shape index (κ2) is 8.94. The maximum atomic E-state index is 12.2. The van der Waals surface area contributed by atoms with Gasteiger partial charge in [0.1, 0.15) is 0 Å². The van der Waals surface area contributed by atoms with E-state index in [0.717, 1.165) is 18.7 Å². The average Bonchev–Trinajstić information content (AvgIpc) is 3.16. The highest BCUT2D eigenvalue weighted by molar-refractivity contribution is 7.89. The van der Waals surface area contributed by atoms with Gasteiger partial charge in [-0.25, -0.2) is 13.1 Å². The van der Waals surface area contributed by atoms with Crippen LogP contribution in [0.3, 0.4) is 0 Å². The quantitative estimate of drug-likeness (QED) is 0.716. The third-order valence-electron chi connectivity index (χ3n) is 4.68. The molecule has 2 aromatic rings. The maximum Gasteiger partial charge on any atom is 0.240 e. The van der Waals surface area contributed by atoms with Crippen LogP contribution in [-0.2, 0) is 14.8 Å². The van der Waals surface area contributed by atoms with Crippen molar-refractivity contribution in [2.75, 3.05) is 29.9 Å². The molecule has 1 fully saturated rings. The van der Waals surface area contributed by atoms with E-state index >= 15 is 0 Å². The summed E-state index contributed by atoms with van der Waals surface area (Å²) in [5, 5.41) is 3.16. The number of amides is 1. The van der Waals surface area contributed by atoms with E-state index in [0.29, 0.717) is 10.7 Å². The molecule has 0 aliphatic carbocycles. The van der Waals surface area contributed by atoms with Crippen LogP contribution in [0.25, 0.3) is 0 Å². The van der Waals surface area contributed by atoms with Crippen molar-refractivity contribution in [2.45, 2.75) is 31.1 Å². The molecule has 0 unspecified atom stereocenters. The van der Waals surface area contributed by atoms with Crippen LogP contribution in [0.4, 0.5) is 11.4 Å². The second-order valence-electron chi connectivity index (χ2n) is 6.85. The van der Waals surface area contributed by atoms with Gasteiger partial charge >= 0.3 is 0 Å². The topological polar surface area (TPSA) is 78.5 Å². The van der Waals surface area contributed by atoms with Crippen molar-refractivity contribution in [1.82, 2.24) is 4.72 Å². The van der Waals surface area contributed by atoms with E-state index in [4.69, 9.17) is 11.6 Å². The fraction of sp³-hybridized carbons (Fsp3) is 0.350. The molecular formula is C20H24ClN3O3S. The van der Waals surface area contributed by atoms with Gasteiger partial charge in [-0.2, -0.15) is 0 Å². The van der Waals surface area contributed by atoms with Crippen molar-refractivity contribution in [3.8, 4) is 0 Å². The highest BCUT2D eigenvalue weighted by Crippen LogP contribution is 2.26. The van der Waals surface area contributed by atoms with Crippen LogP contribution < -0.4 is 14.9 Å². The van der Waals surface area contributed by atoms with Gasteiger partial charge in [0.25, 0.3) is 0 Å². The lowest BCUT2D eigenvalue weighted by molar-refractivity contribution is -0.116. The highest BCUT2D eigenvalue weighted by Gasteiger charge is 2.16. The Hall–Kier alpha value is -2.09. The Balaban J connectivity index is 1.52. The van der Waals surface area contributed by atoms with Gasteiger partial charge < -0.3 is 10.2 Å². The van der Waals surface area contributed by atoms with Crippen LogP contribution in [-0.4, -0.2) is 34.0 Å². The molecule has 0 saturated carbocycles. The summed E-state index contributed by atoms with van der Waals surface area (Å²) < 4.78 is 26.9. The number of benzene rings is 2. The van der Waals surface area contributed by atoms with Crippen LogP contribution in [0.2, 0.25) is 5.02 Å².